The molecule has 1 N–H and O–H groups in total. The number of benzene rings is 1. The predicted molar refractivity (Wildman–Crippen MR) is 99.1 cm³/mol. The van der Waals surface area contributed by atoms with E-state index in [9.17, 15) is 4.79 Å². The Morgan fingerprint density at radius 1 is 1.25 bits per heavy atom. The highest BCUT2D eigenvalue weighted by atomic mass is 79.9. The summed E-state index contributed by atoms with van der Waals surface area (Å²) in [6.45, 7) is 4.24. The number of carbonyl (C=O) groups is 1. The number of pyridine rings is 1. The van der Waals surface area contributed by atoms with Gasteiger partial charge in [0.1, 0.15) is 13.2 Å². The zero-order chi connectivity index (χ0) is 17.5. The van der Waals surface area contributed by atoms with E-state index in [1.165, 1.54) is 0 Å². The molecule has 0 spiro atoms. The average Bonchev–Trinajstić information content (AvgIpc) is 2.56. The van der Waals surface area contributed by atoms with Gasteiger partial charge in [0, 0.05) is 4.47 Å². The monoisotopic (exact) mass is 456 g/mol. The van der Waals surface area contributed by atoms with Crippen LogP contribution in [-0.4, -0.2) is 23.7 Å². The number of nitrogens with one attached hydrogen (secondary N) is 1. The number of nitrogens with zero attached hydrogens (tertiary/aromatic N) is 1. The van der Waals surface area contributed by atoms with Gasteiger partial charge in [-0.3, -0.25) is 0 Å². The lowest BCUT2D eigenvalue weighted by molar-refractivity contribution is 0.132. The number of ether oxygens (including phenoxy) is 2. The average molecular weight is 458 g/mol. The van der Waals surface area contributed by atoms with Gasteiger partial charge in [-0.25, -0.2) is 9.78 Å². The summed E-state index contributed by atoms with van der Waals surface area (Å²) in [4.78, 5) is 16.1. The highest BCUT2D eigenvalue weighted by Gasteiger charge is 2.12. The normalized spacial score (nSPS) is 11.7. The smallest absolute Gasteiger partial charge is 0.407 e. The van der Waals surface area contributed by atoms with Crippen LogP contribution in [0.15, 0.2) is 45.3 Å². The molecule has 0 saturated heterocycles. The van der Waals surface area contributed by atoms with Crippen molar-refractivity contribution in [2.24, 2.45) is 0 Å². The first-order chi connectivity index (χ1) is 11.5. The van der Waals surface area contributed by atoms with Crippen molar-refractivity contribution in [3.8, 4) is 5.88 Å². The summed E-state index contributed by atoms with van der Waals surface area (Å²) < 4.78 is 12.5. The molecule has 0 radical (unpaired) electrons. The molecule has 0 aliphatic rings. The van der Waals surface area contributed by atoms with Crippen LogP contribution >= 0.6 is 31.9 Å². The fourth-order valence-corrected chi connectivity index (χ4v) is 2.91. The number of alkyl carbamates (subject to hydrolysis) is 1. The molecule has 5 nitrogen and oxygen atoms in total. The Hall–Kier alpha value is -1.60. The minimum absolute atomic E-state index is 0.217. The van der Waals surface area contributed by atoms with Gasteiger partial charge in [-0.05, 0) is 57.3 Å². The Labute approximate surface area is 158 Å². The van der Waals surface area contributed by atoms with Crippen molar-refractivity contribution in [1.82, 2.24) is 10.3 Å². The van der Waals surface area contributed by atoms with Gasteiger partial charge in [0.2, 0.25) is 5.88 Å². The van der Waals surface area contributed by atoms with Crippen LogP contribution in [0.2, 0.25) is 0 Å². The van der Waals surface area contributed by atoms with Crippen molar-refractivity contribution >= 4 is 38.0 Å². The minimum atomic E-state index is -0.478. The van der Waals surface area contributed by atoms with Crippen LogP contribution in [0.4, 0.5) is 4.79 Å². The van der Waals surface area contributed by atoms with Crippen LogP contribution < -0.4 is 10.1 Å². The maximum absolute atomic E-state index is 11.8. The summed E-state index contributed by atoms with van der Waals surface area (Å²) >= 11 is 6.81. The van der Waals surface area contributed by atoms with Crippen molar-refractivity contribution in [1.29, 1.82) is 0 Å². The number of amides is 1. The minimum Gasteiger partial charge on any atom is -0.475 e. The Balaban J connectivity index is 1.77. The van der Waals surface area contributed by atoms with Crippen LogP contribution in [0, 0.1) is 6.92 Å². The van der Waals surface area contributed by atoms with E-state index in [2.05, 4.69) is 42.2 Å². The molecule has 0 saturated carbocycles. The molecule has 0 bridgehead atoms. The van der Waals surface area contributed by atoms with Crippen LogP contribution in [0.25, 0.3) is 0 Å². The number of hydrogen-bond donors (Lipinski definition) is 1. The van der Waals surface area contributed by atoms with E-state index in [1.807, 2.05) is 50.2 Å². The summed E-state index contributed by atoms with van der Waals surface area (Å²) in [5, 5.41) is 2.73. The van der Waals surface area contributed by atoms with Gasteiger partial charge in [0.05, 0.1) is 16.2 Å². The van der Waals surface area contributed by atoms with Crippen molar-refractivity contribution in [3.63, 3.8) is 0 Å². The Morgan fingerprint density at radius 2 is 1.96 bits per heavy atom. The van der Waals surface area contributed by atoms with Gasteiger partial charge in [0.25, 0.3) is 0 Å². The highest BCUT2D eigenvalue weighted by Crippen LogP contribution is 2.28. The maximum Gasteiger partial charge on any atom is 0.407 e. The molecule has 24 heavy (non-hydrogen) atoms. The van der Waals surface area contributed by atoms with E-state index in [0.717, 1.165) is 20.2 Å². The van der Waals surface area contributed by atoms with Gasteiger partial charge < -0.3 is 14.8 Å². The zero-order valence-electron chi connectivity index (χ0n) is 13.4. The first-order valence-electron chi connectivity index (χ1n) is 7.38. The zero-order valence-corrected chi connectivity index (χ0v) is 16.6. The molecular weight excluding hydrogens is 440 g/mol. The summed E-state index contributed by atoms with van der Waals surface area (Å²) in [7, 11) is 0. The van der Waals surface area contributed by atoms with E-state index < -0.39 is 6.09 Å². The fraction of sp³-hybridized carbons (Fsp3) is 0.294. The number of aromatic nitrogens is 1. The Bertz CT molecular complexity index is 696. The van der Waals surface area contributed by atoms with E-state index in [4.69, 9.17) is 9.47 Å². The summed E-state index contributed by atoms with van der Waals surface area (Å²) in [6, 6.07) is 11.2. The van der Waals surface area contributed by atoms with Gasteiger partial charge in [-0.15, -0.1) is 0 Å². The molecule has 2 rings (SSSR count). The predicted octanol–water partition coefficient (Wildman–Crippen LogP) is 4.61. The van der Waals surface area contributed by atoms with Gasteiger partial charge in [-0.2, -0.15) is 0 Å². The number of carbonyl (C=O) groups excluding carboxylic acids is 1. The molecule has 1 heterocycles. The van der Waals surface area contributed by atoms with Crippen LogP contribution in [0.5, 0.6) is 5.88 Å². The van der Waals surface area contributed by atoms with Crippen molar-refractivity contribution in [2.75, 3.05) is 6.61 Å². The first-order valence-corrected chi connectivity index (χ1v) is 8.97. The van der Waals surface area contributed by atoms with Crippen molar-refractivity contribution < 1.29 is 14.3 Å². The number of rotatable bonds is 6. The standard InChI is InChI=1S/C17H18Br2N2O3/c1-11(9-23-16-15(19)8-14(18)12(2)21-16)20-17(22)24-10-13-6-4-3-5-7-13/h3-8,11H,9-10H2,1-2H3,(H,20,22)/t11-/m0/s1. The summed E-state index contributed by atoms with van der Waals surface area (Å²) in [5.74, 6) is 0.488. The summed E-state index contributed by atoms with van der Waals surface area (Å²) in [6.07, 6.45) is -0.478. The quantitative estimate of drug-likeness (QED) is 0.688. The van der Waals surface area contributed by atoms with Gasteiger partial charge in [-0.1, -0.05) is 30.3 Å². The second kappa shape index (κ2) is 9.03. The lowest BCUT2D eigenvalue weighted by atomic mass is 10.2. The third kappa shape index (κ3) is 5.79. The van der Waals surface area contributed by atoms with Crippen LogP contribution in [-0.2, 0) is 11.3 Å². The number of aryl methyl sites for hydroxylation is 1. The van der Waals surface area contributed by atoms with Gasteiger partial charge in [0.15, 0.2) is 0 Å². The molecule has 0 fully saturated rings. The SMILES string of the molecule is Cc1nc(OC[C@H](C)NC(=O)OCc2ccccc2)c(Br)cc1Br. The second-order valence-electron chi connectivity index (χ2n) is 5.26. The third-order valence-corrected chi connectivity index (χ3v) is 4.49. The molecule has 1 aromatic carbocycles. The molecule has 1 atom stereocenters. The van der Waals surface area contributed by atoms with E-state index in [0.29, 0.717) is 5.88 Å². The molecule has 2 aromatic rings. The lowest BCUT2D eigenvalue weighted by Crippen LogP contribution is -2.37. The Morgan fingerprint density at radius 3 is 2.67 bits per heavy atom. The van der Waals surface area contributed by atoms with Crippen molar-refractivity contribution in [2.45, 2.75) is 26.5 Å². The fourth-order valence-electron chi connectivity index (χ4n) is 1.85. The number of halogens is 2. The van der Waals surface area contributed by atoms with Gasteiger partial charge >= 0.3 is 6.09 Å². The molecule has 0 unspecified atom stereocenters. The van der Waals surface area contributed by atoms with Crippen LogP contribution in [0.1, 0.15) is 18.2 Å². The molecular formula is C17H18Br2N2O3. The lowest BCUT2D eigenvalue weighted by Gasteiger charge is -2.15. The Kier molecular flexibility index (Phi) is 7.05. The van der Waals surface area contributed by atoms with Crippen molar-refractivity contribution in [3.05, 3.63) is 56.6 Å². The molecule has 128 valence electrons. The largest absolute Gasteiger partial charge is 0.475 e. The first kappa shape index (κ1) is 18.7. The highest BCUT2D eigenvalue weighted by molar-refractivity contribution is 9.11. The molecule has 0 aliphatic heterocycles. The molecule has 1 amide bonds. The second-order valence-corrected chi connectivity index (χ2v) is 6.97. The molecule has 7 heteroatoms. The van der Waals surface area contributed by atoms with E-state index in [1.54, 1.807) is 0 Å². The summed E-state index contributed by atoms with van der Waals surface area (Å²) in [5.41, 5.74) is 1.77. The third-order valence-electron chi connectivity index (χ3n) is 3.12. The topological polar surface area (TPSA) is 60.5 Å². The van der Waals surface area contributed by atoms with E-state index >= 15 is 0 Å². The molecule has 0 aliphatic carbocycles. The van der Waals surface area contributed by atoms with E-state index in [-0.39, 0.29) is 19.3 Å². The number of hydrogen-bond acceptors (Lipinski definition) is 4. The maximum atomic E-state index is 11.8. The van der Waals surface area contributed by atoms with Crippen LogP contribution in [0.3, 0.4) is 0 Å². The molecule has 1 aromatic heterocycles.